The van der Waals surface area contributed by atoms with Crippen molar-refractivity contribution in [3.8, 4) is 16.9 Å². The largest absolute Gasteiger partial charge is 0.494 e. The van der Waals surface area contributed by atoms with Crippen molar-refractivity contribution in [2.75, 3.05) is 6.61 Å². The Morgan fingerprint density at radius 2 is 1.68 bits per heavy atom. The fourth-order valence-corrected chi connectivity index (χ4v) is 6.98. The summed E-state index contributed by atoms with van der Waals surface area (Å²) in [5.74, 6) is 0.127. The number of imidazole rings is 1. The molecule has 3 aromatic carbocycles. The molecule has 0 radical (unpaired) electrons. The van der Waals surface area contributed by atoms with Crippen molar-refractivity contribution in [1.29, 1.82) is 0 Å². The van der Waals surface area contributed by atoms with Crippen molar-refractivity contribution < 1.29 is 17.9 Å². The fourth-order valence-electron chi connectivity index (χ4n) is 5.87. The standard InChI is InChI=1S/C35H32ClN3O4S/c1-22-19-33-37-14-15-39(33)21-32(22)29-12-7-11-27-28(13-8-16-43-25-17-23(2)34(36)24(3)18-25)31(20-30(27)29)35(40)38-44(41,42)26-9-5-4-6-10-26/h4-7,9-12,14-15,17-19,21H,8,13,16,20H2,1-3H3,(H,38,40). The number of sulfonamides is 1. The molecule has 9 heteroatoms. The first-order valence-electron chi connectivity index (χ1n) is 14.4. The molecular formula is C35H32ClN3O4S. The summed E-state index contributed by atoms with van der Waals surface area (Å²) in [6.07, 6.45) is 7.20. The lowest BCUT2D eigenvalue weighted by molar-refractivity contribution is -0.115. The molecule has 2 aromatic heterocycles. The number of halogens is 1. The molecule has 1 aliphatic carbocycles. The van der Waals surface area contributed by atoms with Crippen LogP contribution in [0.15, 0.2) is 95.8 Å². The minimum absolute atomic E-state index is 0.0397. The Kier molecular flexibility index (Phi) is 8.05. The van der Waals surface area contributed by atoms with Gasteiger partial charge in [0.25, 0.3) is 15.9 Å². The molecule has 5 aromatic rings. The Morgan fingerprint density at radius 3 is 2.43 bits per heavy atom. The van der Waals surface area contributed by atoms with E-state index in [2.05, 4.69) is 22.0 Å². The van der Waals surface area contributed by atoms with Crippen LogP contribution in [0.25, 0.3) is 22.3 Å². The molecular weight excluding hydrogens is 594 g/mol. The normalized spacial score (nSPS) is 12.9. The molecule has 0 saturated heterocycles. The molecule has 0 unspecified atom stereocenters. The second-order valence-corrected chi connectivity index (χ2v) is 13.2. The van der Waals surface area contributed by atoms with E-state index >= 15 is 0 Å². The summed E-state index contributed by atoms with van der Waals surface area (Å²) in [5.41, 5.74) is 9.08. The van der Waals surface area contributed by atoms with E-state index in [1.807, 2.05) is 61.7 Å². The van der Waals surface area contributed by atoms with E-state index in [-0.39, 0.29) is 4.90 Å². The Labute approximate surface area is 262 Å². The van der Waals surface area contributed by atoms with Crippen LogP contribution in [-0.2, 0) is 21.2 Å². The van der Waals surface area contributed by atoms with Crippen molar-refractivity contribution in [1.82, 2.24) is 14.1 Å². The van der Waals surface area contributed by atoms with Gasteiger partial charge in [-0.3, -0.25) is 4.79 Å². The van der Waals surface area contributed by atoms with Crippen LogP contribution in [0.3, 0.4) is 0 Å². The second-order valence-electron chi connectivity index (χ2n) is 11.1. The second kappa shape index (κ2) is 11.9. The highest BCUT2D eigenvalue weighted by molar-refractivity contribution is 7.90. The van der Waals surface area contributed by atoms with Crippen LogP contribution in [0.1, 0.15) is 40.7 Å². The molecule has 1 N–H and O–H groups in total. The lowest BCUT2D eigenvalue weighted by atomic mass is 9.93. The molecule has 0 fully saturated rings. The van der Waals surface area contributed by atoms with Crippen molar-refractivity contribution in [2.24, 2.45) is 0 Å². The lowest BCUT2D eigenvalue weighted by Gasteiger charge is -2.14. The predicted octanol–water partition coefficient (Wildman–Crippen LogP) is 7.25. The van der Waals surface area contributed by atoms with Crippen LogP contribution in [0.2, 0.25) is 5.02 Å². The number of ether oxygens (including phenoxy) is 1. The maximum atomic E-state index is 13.7. The van der Waals surface area contributed by atoms with Gasteiger partial charge >= 0.3 is 0 Å². The van der Waals surface area contributed by atoms with Gasteiger partial charge in [-0.25, -0.2) is 18.1 Å². The third-order valence-corrected chi connectivity index (χ3v) is 9.99. The van der Waals surface area contributed by atoms with Crippen LogP contribution >= 0.6 is 11.6 Å². The average molecular weight is 626 g/mol. The number of nitrogens with one attached hydrogen (secondary N) is 1. The van der Waals surface area contributed by atoms with Gasteiger partial charge in [-0.1, -0.05) is 48.0 Å². The maximum Gasteiger partial charge on any atom is 0.264 e. The maximum absolute atomic E-state index is 13.7. The van der Waals surface area contributed by atoms with Gasteiger partial charge < -0.3 is 9.14 Å². The first kappa shape index (κ1) is 29.7. The lowest BCUT2D eigenvalue weighted by Crippen LogP contribution is -2.32. The molecule has 44 heavy (non-hydrogen) atoms. The third kappa shape index (κ3) is 5.75. The number of allylic oxidation sites excluding steroid dienone is 1. The summed E-state index contributed by atoms with van der Waals surface area (Å²) in [6.45, 7) is 6.36. The quantitative estimate of drug-likeness (QED) is 0.174. The molecule has 0 bridgehead atoms. The Hall–Kier alpha value is -4.40. The Morgan fingerprint density at radius 1 is 0.955 bits per heavy atom. The van der Waals surface area contributed by atoms with E-state index < -0.39 is 15.9 Å². The summed E-state index contributed by atoms with van der Waals surface area (Å²) < 4.78 is 36.6. The highest BCUT2D eigenvalue weighted by Crippen LogP contribution is 2.42. The fraction of sp³-hybridized carbons (Fsp3) is 0.200. The number of benzene rings is 3. The van der Waals surface area contributed by atoms with Crippen molar-refractivity contribution >= 4 is 38.8 Å². The number of rotatable bonds is 9. The molecule has 1 aliphatic rings. The number of carbonyl (C=O) groups excluding carboxylic acids is 1. The SMILES string of the molecule is Cc1cc2nccn2cc1-c1cccc2c1CC(C(=O)NS(=O)(=O)c1ccccc1)=C2CCCOc1cc(C)c(Cl)c(C)c1. The summed E-state index contributed by atoms with van der Waals surface area (Å²) in [7, 11) is -4.05. The number of aryl methyl sites for hydroxylation is 3. The van der Waals surface area contributed by atoms with Gasteiger partial charge in [0.2, 0.25) is 0 Å². The molecule has 0 spiro atoms. The minimum Gasteiger partial charge on any atom is -0.494 e. The highest BCUT2D eigenvalue weighted by atomic mass is 35.5. The molecule has 0 aliphatic heterocycles. The van der Waals surface area contributed by atoms with Crippen molar-refractivity contribution in [3.63, 3.8) is 0 Å². The third-order valence-electron chi connectivity index (χ3n) is 8.05. The molecule has 224 valence electrons. The van der Waals surface area contributed by atoms with Gasteiger partial charge in [0.15, 0.2) is 0 Å². The highest BCUT2D eigenvalue weighted by Gasteiger charge is 2.30. The van der Waals surface area contributed by atoms with E-state index in [1.165, 1.54) is 12.1 Å². The smallest absolute Gasteiger partial charge is 0.264 e. The van der Waals surface area contributed by atoms with Crippen LogP contribution in [0, 0.1) is 20.8 Å². The monoisotopic (exact) mass is 625 g/mol. The number of aromatic nitrogens is 2. The molecule has 0 saturated carbocycles. The minimum atomic E-state index is -4.05. The zero-order chi connectivity index (χ0) is 31.0. The van der Waals surface area contributed by atoms with Gasteiger partial charge in [-0.05, 0) is 103 Å². The number of amides is 1. The van der Waals surface area contributed by atoms with E-state index in [0.29, 0.717) is 31.4 Å². The van der Waals surface area contributed by atoms with E-state index in [0.717, 1.165) is 60.9 Å². The number of pyridine rings is 1. The Balaban J connectivity index is 1.32. The number of hydrogen-bond acceptors (Lipinski definition) is 5. The first-order chi connectivity index (χ1) is 21.1. The number of nitrogens with zero attached hydrogens (tertiary/aromatic N) is 2. The van der Waals surface area contributed by atoms with Crippen molar-refractivity contribution in [3.05, 3.63) is 124 Å². The molecule has 6 rings (SSSR count). The van der Waals surface area contributed by atoms with Crippen LogP contribution < -0.4 is 9.46 Å². The molecule has 0 atom stereocenters. The summed E-state index contributed by atoms with van der Waals surface area (Å²) in [4.78, 5) is 18.2. The zero-order valence-electron chi connectivity index (χ0n) is 24.7. The summed E-state index contributed by atoms with van der Waals surface area (Å²) in [6, 6.07) is 19.9. The van der Waals surface area contributed by atoms with Gasteiger partial charge in [0, 0.05) is 41.2 Å². The molecule has 2 heterocycles. The number of hydrogen-bond donors (Lipinski definition) is 1. The van der Waals surface area contributed by atoms with Crippen LogP contribution in [0.5, 0.6) is 5.75 Å². The molecule has 7 nitrogen and oxygen atoms in total. The van der Waals surface area contributed by atoms with Crippen LogP contribution in [0.4, 0.5) is 0 Å². The van der Waals surface area contributed by atoms with E-state index in [9.17, 15) is 13.2 Å². The van der Waals surface area contributed by atoms with Gasteiger partial charge in [0.1, 0.15) is 11.4 Å². The number of fused-ring (bicyclic) bond motifs is 2. The predicted molar refractivity (Wildman–Crippen MR) is 173 cm³/mol. The topological polar surface area (TPSA) is 89.8 Å². The first-order valence-corrected chi connectivity index (χ1v) is 16.3. The van der Waals surface area contributed by atoms with E-state index in [4.69, 9.17) is 16.3 Å². The van der Waals surface area contributed by atoms with Crippen molar-refractivity contribution in [2.45, 2.75) is 44.9 Å². The number of carbonyl (C=O) groups is 1. The van der Waals surface area contributed by atoms with Gasteiger partial charge in [-0.15, -0.1) is 0 Å². The summed E-state index contributed by atoms with van der Waals surface area (Å²) in [5, 5.41) is 0.726. The molecule has 1 amide bonds. The summed E-state index contributed by atoms with van der Waals surface area (Å²) >= 11 is 6.32. The van der Waals surface area contributed by atoms with E-state index in [1.54, 1.807) is 24.4 Å². The Bertz CT molecular complexity index is 2030. The van der Waals surface area contributed by atoms with Crippen LogP contribution in [-0.4, -0.2) is 30.3 Å². The van der Waals surface area contributed by atoms with Gasteiger partial charge in [0.05, 0.1) is 11.5 Å². The zero-order valence-corrected chi connectivity index (χ0v) is 26.3. The average Bonchev–Trinajstić information content (AvgIpc) is 3.62. The van der Waals surface area contributed by atoms with Gasteiger partial charge in [-0.2, -0.15) is 0 Å².